The molecular weight excluding hydrogens is 258 g/mol. The summed E-state index contributed by atoms with van der Waals surface area (Å²) in [5, 5.41) is 7.24. The van der Waals surface area contributed by atoms with Gasteiger partial charge in [0.2, 0.25) is 0 Å². The van der Waals surface area contributed by atoms with Gasteiger partial charge in [0.05, 0.1) is 5.60 Å². The minimum atomic E-state index is -0.250. The molecule has 0 heterocycles. The first kappa shape index (κ1) is 16.6. The number of unbranched alkanes of at least 4 members (excludes halogenated alkanes) is 2. The van der Waals surface area contributed by atoms with Crippen molar-refractivity contribution in [2.24, 2.45) is 21.5 Å². The Hall–Kier alpha value is -1.46. The fourth-order valence-corrected chi connectivity index (χ4v) is 2.35. The van der Waals surface area contributed by atoms with Crippen molar-refractivity contribution in [3.05, 3.63) is 20.9 Å². The van der Waals surface area contributed by atoms with E-state index >= 15 is 0 Å². The van der Waals surface area contributed by atoms with Crippen molar-refractivity contribution < 1.29 is 4.84 Å². The lowest BCUT2D eigenvalue weighted by molar-refractivity contribution is 0.0240. The average Bonchev–Trinajstić information content (AvgIpc) is 3.23. The van der Waals surface area contributed by atoms with Gasteiger partial charge in [0.25, 0.3) is 0 Å². The van der Waals surface area contributed by atoms with Gasteiger partial charge in [-0.3, -0.25) is 4.84 Å². The maximum Gasteiger partial charge on any atom is 0.0896 e. The van der Waals surface area contributed by atoms with Crippen molar-refractivity contribution >= 4 is 0 Å². The third kappa shape index (κ3) is 5.67. The molecule has 0 saturated heterocycles. The van der Waals surface area contributed by atoms with E-state index in [1.54, 1.807) is 0 Å². The van der Waals surface area contributed by atoms with Gasteiger partial charge in [0, 0.05) is 22.9 Å². The quantitative estimate of drug-likeness (QED) is 0.201. The third-order valence-corrected chi connectivity index (χ3v) is 4.00. The second kappa shape index (κ2) is 7.97. The largest absolute Gasteiger partial charge is 0.298 e. The molecule has 1 aliphatic rings. The van der Waals surface area contributed by atoms with Crippen LogP contribution in [0.1, 0.15) is 51.9 Å². The fourth-order valence-electron chi connectivity index (χ4n) is 2.35. The van der Waals surface area contributed by atoms with Gasteiger partial charge in [0.15, 0.2) is 0 Å². The summed E-state index contributed by atoms with van der Waals surface area (Å²) in [6, 6.07) is 0. The Labute approximate surface area is 118 Å². The fraction of sp³-hybridized carbons (Fsp3) is 1.00. The lowest BCUT2D eigenvalue weighted by atomic mass is 9.84. The van der Waals surface area contributed by atoms with E-state index < -0.39 is 0 Å². The minimum Gasteiger partial charge on any atom is -0.298 e. The lowest BCUT2D eigenvalue weighted by Crippen LogP contribution is -2.24. The molecule has 2 N–H and O–H groups in total. The molecule has 0 aromatic carbocycles. The molecule has 0 amide bonds. The molecule has 1 aliphatic carbocycles. The average molecular weight is 281 g/mol. The summed E-state index contributed by atoms with van der Waals surface area (Å²) in [5.41, 5.74) is 16.5. The highest BCUT2D eigenvalue weighted by Gasteiger charge is 2.43. The summed E-state index contributed by atoms with van der Waals surface area (Å²) >= 11 is 0. The zero-order valence-electron chi connectivity index (χ0n) is 12.0. The molecule has 0 unspecified atom stereocenters. The van der Waals surface area contributed by atoms with Crippen LogP contribution in [0.2, 0.25) is 0 Å². The molecule has 1 fully saturated rings. The molecule has 0 aliphatic heterocycles. The molecule has 112 valence electrons. The standard InChI is InChI=1S/C12H23N7O/c1-11(9-16-18-13,10-17-19-14)5-3-2-4-6-12(20-15)7-8-12/h2-10,15H2,1H3. The summed E-state index contributed by atoms with van der Waals surface area (Å²) in [6.07, 6.45) is 7.18. The van der Waals surface area contributed by atoms with Gasteiger partial charge in [-0.1, -0.05) is 36.4 Å². The molecule has 0 bridgehead atoms. The van der Waals surface area contributed by atoms with Gasteiger partial charge in [-0.05, 0) is 42.2 Å². The van der Waals surface area contributed by atoms with Gasteiger partial charge in [0.1, 0.15) is 0 Å². The SMILES string of the molecule is CC(CCCCCC1(ON)CC1)(CN=[N+]=[N-])CN=[N+]=[N-]. The zero-order chi connectivity index (χ0) is 14.9. The first-order valence-corrected chi connectivity index (χ1v) is 6.99. The molecular formula is C12H23N7O. The molecule has 1 saturated carbocycles. The van der Waals surface area contributed by atoms with E-state index in [-0.39, 0.29) is 11.0 Å². The van der Waals surface area contributed by atoms with E-state index in [1.165, 1.54) is 0 Å². The van der Waals surface area contributed by atoms with E-state index in [1.807, 2.05) is 6.92 Å². The first-order valence-electron chi connectivity index (χ1n) is 6.99. The molecule has 0 radical (unpaired) electrons. The zero-order valence-corrected chi connectivity index (χ0v) is 12.0. The second-order valence-electron chi connectivity index (χ2n) is 5.95. The highest BCUT2D eigenvalue weighted by Crippen LogP contribution is 2.42. The van der Waals surface area contributed by atoms with Crippen molar-refractivity contribution in [3.63, 3.8) is 0 Å². The summed E-state index contributed by atoms with van der Waals surface area (Å²) in [4.78, 5) is 10.6. The molecule has 0 aromatic rings. The highest BCUT2D eigenvalue weighted by molar-refractivity contribution is 4.94. The van der Waals surface area contributed by atoms with Gasteiger partial charge >= 0.3 is 0 Å². The number of azide groups is 2. The number of nitrogens with zero attached hydrogens (tertiary/aromatic N) is 6. The number of hydrogen-bond acceptors (Lipinski definition) is 4. The molecule has 20 heavy (non-hydrogen) atoms. The van der Waals surface area contributed by atoms with Gasteiger partial charge in [-0.2, -0.15) is 0 Å². The van der Waals surface area contributed by atoms with Crippen molar-refractivity contribution in [1.29, 1.82) is 0 Å². The van der Waals surface area contributed by atoms with Gasteiger partial charge in [-0.15, -0.1) is 0 Å². The summed E-state index contributed by atoms with van der Waals surface area (Å²) in [5.74, 6) is 5.27. The Morgan fingerprint density at radius 2 is 1.75 bits per heavy atom. The van der Waals surface area contributed by atoms with Crippen LogP contribution in [-0.2, 0) is 4.84 Å². The maximum absolute atomic E-state index is 8.42. The van der Waals surface area contributed by atoms with Crippen molar-refractivity contribution in [2.75, 3.05) is 13.1 Å². The number of nitrogens with two attached hydrogens (primary N) is 1. The summed E-state index contributed by atoms with van der Waals surface area (Å²) in [6.45, 7) is 2.71. The van der Waals surface area contributed by atoms with Crippen LogP contribution in [0.4, 0.5) is 0 Å². The van der Waals surface area contributed by atoms with Crippen LogP contribution in [0.3, 0.4) is 0 Å². The third-order valence-electron chi connectivity index (χ3n) is 4.00. The highest BCUT2D eigenvalue weighted by atomic mass is 16.6. The molecule has 8 nitrogen and oxygen atoms in total. The molecule has 0 aromatic heterocycles. The second-order valence-corrected chi connectivity index (χ2v) is 5.95. The van der Waals surface area contributed by atoms with Crippen LogP contribution >= 0.6 is 0 Å². The first-order chi connectivity index (χ1) is 9.60. The summed E-state index contributed by atoms with van der Waals surface area (Å²) < 4.78 is 0. The minimum absolute atomic E-state index is 0.0422. The van der Waals surface area contributed by atoms with Crippen molar-refractivity contribution in [2.45, 2.75) is 57.5 Å². The van der Waals surface area contributed by atoms with Crippen LogP contribution < -0.4 is 5.90 Å². The summed E-state index contributed by atoms with van der Waals surface area (Å²) in [7, 11) is 0. The van der Waals surface area contributed by atoms with E-state index in [0.717, 1.165) is 44.9 Å². The van der Waals surface area contributed by atoms with E-state index in [4.69, 9.17) is 21.8 Å². The number of rotatable bonds is 11. The monoisotopic (exact) mass is 281 g/mol. The Morgan fingerprint density at radius 1 is 1.15 bits per heavy atom. The smallest absolute Gasteiger partial charge is 0.0896 e. The van der Waals surface area contributed by atoms with E-state index in [2.05, 4.69) is 20.1 Å². The van der Waals surface area contributed by atoms with Crippen LogP contribution in [0.5, 0.6) is 0 Å². The predicted molar refractivity (Wildman–Crippen MR) is 76.5 cm³/mol. The maximum atomic E-state index is 8.42. The van der Waals surface area contributed by atoms with Crippen molar-refractivity contribution in [3.8, 4) is 0 Å². The van der Waals surface area contributed by atoms with Crippen LogP contribution in [-0.4, -0.2) is 18.7 Å². The Balaban J connectivity index is 2.26. The number of hydrogen-bond donors (Lipinski definition) is 1. The van der Waals surface area contributed by atoms with E-state index in [9.17, 15) is 0 Å². The topological polar surface area (TPSA) is 133 Å². The van der Waals surface area contributed by atoms with Crippen LogP contribution in [0.25, 0.3) is 20.9 Å². The lowest BCUT2D eigenvalue weighted by Gasteiger charge is -2.25. The normalized spacial score (nSPS) is 18.5. The molecule has 0 atom stereocenters. The van der Waals surface area contributed by atoms with Crippen molar-refractivity contribution in [1.82, 2.24) is 0 Å². The molecule has 0 spiro atoms. The predicted octanol–water partition coefficient (Wildman–Crippen LogP) is 3.99. The van der Waals surface area contributed by atoms with E-state index in [0.29, 0.717) is 13.1 Å². The molecule has 8 heteroatoms. The van der Waals surface area contributed by atoms with Crippen LogP contribution in [0, 0.1) is 5.41 Å². The Morgan fingerprint density at radius 3 is 2.20 bits per heavy atom. The molecule has 1 rings (SSSR count). The van der Waals surface area contributed by atoms with Gasteiger partial charge < -0.3 is 0 Å². The van der Waals surface area contributed by atoms with Crippen LogP contribution in [0.15, 0.2) is 10.2 Å². The Kier molecular flexibility index (Phi) is 6.61. The Bertz CT molecular complexity index is 375. The van der Waals surface area contributed by atoms with Gasteiger partial charge in [-0.25, -0.2) is 5.90 Å².